The van der Waals surface area contributed by atoms with Crippen molar-refractivity contribution in [1.82, 2.24) is 9.80 Å². The van der Waals surface area contributed by atoms with E-state index in [1.165, 1.54) is 30.0 Å². The lowest BCUT2D eigenvalue weighted by Crippen LogP contribution is -2.38. The highest BCUT2D eigenvalue weighted by Gasteiger charge is 2.41. The predicted octanol–water partition coefficient (Wildman–Crippen LogP) is 4.00. The van der Waals surface area contributed by atoms with Gasteiger partial charge in [-0.2, -0.15) is 0 Å². The van der Waals surface area contributed by atoms with Gasteiger partial charge in [-0.05, 0) is 37.0 Å². The van der Waals surface area contributed by atoms with Gasteiger partial charge in [-0.25, -0.2) is 14.2 Å². The smallest absolute Gasteiger partial charge is 0.338 e. The van der Waals surface area contributed by atoms with Crippen molar-refractivity contribution in [3.8, 4) is 0 Å². The number of carbonyl (C=O) groups is 2. The van der Waals surface area contributed by atoms with Gasteiger partial charge in [0, 0.05) is 19.3 Å². The van der Waals surface area contributed by atoms with Gasteiger partial charge < -0.3 is 14.5 Å². The third-order valence-corrected chi connectivity index (χ3v) is 5.86. The van der Waals surface area contributed by atoms with E-state index in [0.29, 0.717) is 28.5 Å². The number of benzene rings is 1. The summed E-state index contributed by atoms with van der Waals surface area (Å²) >= 11 is 1.40. The number of fused-ring (bicyclic) bond motifs is 1. The lowest BCUT2D eigenvalue weighted by atomic mass is 9.94. The molecule has 3 rings (SSSR count). The molecule has 0 saturated carbocycles. The Morgan fingerprint density at radius 2 is 2.07 bits per heavy atom. The fourth-order valence-corrected chi connectivity index (χ4v) is 4.23. The zero-order valence-electron chi connectivity index (χ0n) is 17.2. The average Bonchev–Trinajstić information content (AvgIpc) is 3.12. The summed E-state index contributed by atoms with van der Waals surface area (Å²) in [7, 11) is 1.75. The van der Waals surface area contributed by atoms with Crippen LogP contribution >= 0.6 is 11.8 Å². The first-order valence-corrected chi connectivity index (χ1v) is 10.5. The van der Waals surface area contributed by atoms with Crippen LogP contribution in [0.5, 0.6) is 0 Å². The number of ether oxygens (including phenoxy) is 1. The topological polar surface area (TPSA) is 62.2 Å². The highest BCUT2D eigenvalue weighted by atomic mass is 32.2. The summed E-state index contributed by atoms with van der Waals surface area (Å²) in [5.74, 6) is -0.922. The molecule has 1 unspecified atom stereocenters. The van der Waals surface area contributed by atoms with Gasteiger partial charge in [0.2, 0.25) is 5.91 Å². The van der Waals surface area contributed by atoms with Gasteiger partial charge in [0.1, 0.15) is 12.4 Å². The van der Waals surface area contributed by atoms with E-state index in [1.54, 1.807) is 31.0 Å². The second kappa shape index (κ2) is 9.30. The van der Waals surface area contributed by atoms with Crippen LogP contribution < -0.4 is 0 Å². The summed E-state index contributed by atoms with van der Waals surface area (Å²) in [6.45, 7) is 7.90. The molecule has 0 bridgehead atoms. The molecule has 0 N–H and O–H groups in total. The molecule has 0 fully saturated rings. The number of rotatable bonds is 7. The number of hydrogen-bond acceptors (Lipinski definition) is 6. The van der Waals surface area contributed by atoms with Crippen LogP contribution in [0.4, 0.5) is 4.39 Å². The summed E-state index contributed by atoms with van der Waals surface area (Å²) in [5, 5.41) is 2.55. The van der Waals surface area contributed by atoms with E-state index in [-0.39, 0.29) is 24.8 Å². The first kappa shape index (κ1) is 21.8. The predicted molar refractivity (Wildman–Crippen MR) is 116 cm³/mol. The maximum atomic E-state index is 13.6. The molecule has 2 aliphatic rings. The molecule has 6 nitrogen and oxygen atoms in total. The van der Waals surface area contributed by atoms with E-state index in [9.17, 15) is 14.0 Å². The summed E-state index contributed by atoms with van der Waals surface area (Å²) in [5.41, 5.74) is 2.33. The van der Waals surface area contributed by atoms with Crippen LogP contribution in [0.2, 0.25) is 0 Å². The number of allylic oxidation sites excluding steroid dienone is 1. The van der Waals surface area contributed by atoms with Crippen molar-refractivity contribution in [2.75, 3.05) is 20.2 Å². The molecule has 158 valence electrons. The number of nitrogens with zero attached hydrogens (tertiary/aromatic N) is 3. The zero-order valence-corrected chi connectivity index (χ0v) is 18.0. The van der Waals surface area contributed by atoms with Crippen LogP contribution in [-0.2, 0) is 14.3 Å². The fraction of sp³-hybridized carbons (Fsp3) is 0.318. The van der Waals surface area contributed by atoms with E-state index in [2.05, 4.69) is 11.6 Å². The Balaban J connectivity index is 2.04. The highest BCUT2D eigenvalue weighted by Crippen LogP contribution is 2.44. The van der Waals surface area contributed by atoms with E-state index < -0.39 is 12.0 Å². The summed E-state index contributed by atoms with van der Waals surface area (Å²) < 4.78 is 18.9. The molecule has 0 spiro atoms. The maximum Gasteiger partial charge on any atom is 0.338 e. The van der Waals surface area contributed by atoms with E-state index in [0.717, 1.165) is 5.70 Å². The van der Waals surface area contributed by atoms with Gasteiger partial charge in [0.25, 0.3) is 0 Å². The Morgan fingerprint density at radius 1 is 1.37 bits per heavy atom. The summed E-state index contributed by atoms with van der Waals surface area (Å²) in [6.07, 6.45) is 1.66. The third kappa shape index (κ3) is 4.33. The van der Waals surface area contributed by atoms with Crippen LogP contribution in [0.25, 0.3) is 0 Å². The number of thioether (sulfide) groups is 1. The Morgan fingerprint density at radius 3 is 2.70 bits per heavy atom. The lowest BCUT2D eigenvalue weighted by Gasteiger charge is -2.36. The minimum absolute atomic E-state index is 0.0366. The first-order valence-electron chi connectivity index (χ1n) is 9.59. The van der Waals surface area contributed by atoms with Gasteiger partial charge in [-0.15, -0.1) is 0 Å². The van der Waals surface area contributed by atoms with Crippen LogP contribution in [0, 0.1) is 5.82 Å². The number of halogens is 1. The number of amidine groups is 1. The number of amides is 1. The summed E-state index contributed by atoms with van der Waals surface area (Å²) in [4.78, 5) is 33.5. The molecule has 30 heavy (non-hydrogen) atoms. The van der Waals surface area contributed by atoms with Crippen LogP contribution in [0.15, 0.2) is 64.3 Å². The molecule has 0 aliphatic carbocycles. The molecule has 2 heterocycles. The molecule has 2 aliphatic heterocycles. The van der Waals surface area contributed by atoms with Crippen LogP contribution in [0.3, 0.4) is 0 Å². The Bertz CT molecular complexity index is 953. The van der Waals surface area contributed by atoms with E-state index in [4.69, 9.17) is 4.74 Å². The van der Waals surface area contributed by atoms with Gasteiger partial charge >= 0.3 is 5.97 Å². The number of esters is 1. The third-order valence-electron chi connectivity index (χ3n) is 4.97. The van der Waals surface area contributed by atoms with E-state index >= 15 is 0 Å². The van der Waals surface area contributed by atoms with Gasteiger partial charge in [-0.3, -0.25) is 4.79 Å². The molecular weight excluding hydrogens is 405 g/mol. The first-order chi connectivity index (χ1) is 14.4. The maximum absolute atomic E-state index is 13.6. The molecule has 0 radical (unpaired) electrons. The second-order valence-electron chi connectivity index (χ2n) is 6.92. The molecule has 0 aromatic heterocycles. The quantitative estimate of drug-likeness (QED) is 0.484. The number of hydrogen-bond donors (Lipinski definition) is 0. The molecule has 1 amide bonds. The van der Waals surface area contributed by atoms with Crippen molar-refractivity contribution < 1.29 is 18.7 Å². The largest absolute Gasteiger partial charge is 0.458 e. The van der Waals surface area contributed by atoms with Gasteiger partial charge in [-0.1, -0.05) is 36.5 Å². The van der Waals surface area contributed by atoms with E-state index in [1.807, 2.05) is 17.2 Å². The van der Waals surface area contributed by atoms with Crippen molar-refractivity contribution >= 4 is 28.8 Å². The number of aliphatic imine (C=N–C) groups is 1. The Labute approximate surface area is 179 Å². The molecule has 8 heteroatoms. The Kier molecular flexibility index (Phi) is 6.77. The zero-order chi connectivity index (χ0) is 21.8. The standard InChI is InChI=1S/C22H24FN3O3S/c1-5-11-29-21(28)19-14(3)24-22-26(20(19)15-7-9-16(23)10-8-15)17(13-30-22)12-18(27)25(4)6-2/h5,7-10,13,20H,1,6,11-12H2,2-4H3. The van der Waals surface area contributed by atoms with Crippen molar-refractivity contribution in [2.24, 2.45) is 4.99 Å². The Hall–Kier alpha value is -2.87. The van der Waals surface area contributed by atoms with Crippen LogP contribution in [-0.4, -0.2) is 47.0 Å². The fourth-order valence-electron chi connectivity index (χ4n) is 3.27. The molecule has 1 atom stereocenters. The highest BCUT2D eigenvalue weighted by molar-refractivity contribution is 8.16. The van der Waals surface area contributed by atoms with Crippen molar-refractivity contribution in [2.45, 2.75) is 26.3 Å². The monoisotopic (exact) mass is 429 g/mol. The molecule has 1 aromatic rings. The van der Waals surface area contributed by atoms with Gasteiger partial charge in [0.15, 0.2) is 5.17 Å². The minimum Gasteiger partial charge on any atom is -0.458 e. The van der Waals surface area contributed by atoms with Crippen molar-refractivity contribution in [1.29, 1.82) is 0 Å². The lowest BCUT2D eigenvalue weighted by molar-refractivity contribution is -0.138. The normalized spacial score (nSPS) is 17.9. The molecular formula is C22H24FN3O3S. The second-order valence-corrected chi connectivity index (χ2v) is 7.75. The summed E-state index contributed by atoms with van der Waals surface area (Å²) in [6, 6.07) is 5.41. The average molecular weight is 430 g/mol. The number of carbonyl (C=O) groups excluding carboxylic acids is 2. The minimum atomic E-state index is -0.573. The molecule has 0 saturated heterocycles. The van der Waals surface area contributed by atoms with Gasteiger partial charge in [0.05, 0.1) is 23.7 Å². The van der Waals surface area contributed by atoms with Crippen molar-refractivity contribution in [3.05, 3.63) is 70.7 Å². The van der Waals surface area contributed by atoms with Crippen LogP contribution in [0.1, 0.15) is 31.9 Å². The molecule has 1 aromatic carbocycles. The van der Waals surface area contributed by atoms with Crippen molar-refractivity contribution in [3.63, 3.8) is 0 Å². The SMILES string of the molecule is C=CCOC(=O)C1=C(C)N=C2SC=C(CC(=O)N(C)CC)N2C1c1ccc(F)cc1.